The highest BCUT2D eigenvalue weighted by atomic mass is 19.4. The Morgan fingerprint density at radius 3 is 2.50 bits per heavy atom. The third kappa shape index (κ3) is 5.61. The molecule has 0 aliphatic heterocycles. The molecule has 0 saturated heterocycles. The Kier molecular flexibility index (Phi) is 5.27. The summed E-state index contributed by atoms with van der Waals surface area (Å²) in [5.41, 5.74) is 0. The number of halogens is 3. The summed E-state index contributed by atoms with van der Waals surface area (Å²) < 4.78 is 40.4. The molecule has 0 rings (SSSR count). The van der Waals surface area contributed by atoms with Crippen LogP contribution in [0.2, 0.25) is 0 Å². The van der Waals surface area contributed by atoms with Crippen LogP contribution < -0.4 is 0 Å². The highest BCUT2D eigenvalue weighted by Gasteiger charge is 2.33. The number of esters is 1. The van der Waals surface area contributed by atoms with Gasteiger partial charge in [-0.2, -0.15) is 13.2 Å². The van der Waals surface area contributed by atoms with Crippen molar-refractivity contribution in [3.8, 4) is 0 Å². The van der Waals surface area contributed by atoms with Crippen molar-refractivity contribution in [3.63, 3.8) is 0 Å². The van der Waals surface area contributed by atoms with Crippen molar-refractivity contribution in [1.82, 2.24) is 0 Å². The fourth-order valence-corrected chi connectivity index (χ4v) is 0.697. The van der Waals surface area contributed by atoms with Crippen molar-refractivity contribution in [2.24, 2.45) is 5.92 Å². The number of alkyl halides is 3. The van der Waals surface area contributed by atoms with Crippen LogP contribution in [0, 0.1) is 5.92 Å². The molecule has 0 spiro atoms. The van der Waals surface area contributed by atoms with Gasteiger partial charge in [-0.25, -0.2) is 0 Å². The summed E-state index contributed by atoms with van der Waals surface area (Å²) in [5.74, 6) is -2.05. The molecule has 0 aromatic heterocycles. The van der Waals surface area contributed by atoms with Gasteiger partial charge in [0.05, 0.1) is 18.9 Å². The van der Waals surface area contributed by atoms with Crippen molar-refractivity contribution < 1.29 is 22.7 Å². The van der Waals surface area contributed by atoms with Crippen LogP contribution >= 0.6 is 0 Å². The van der Waals surface area contributed by atoms with Gasteiger partial charge in [0.1, 0.15) is 0 Å². The minimum atomic E-state index is -4.24. The molecule has 0 radical (unpaired) electrons. The second-order valence-electron chi connectivity index (χ2n) is 2.77. The number of allylic oxidation sites excluding steroid dienone is 1. The van der Waals surface area contributed by atoms with Crippen LogP contribution in [0.1, 0.15) is 20.3 Å². The van der Waals surface area contributed by atoms with Gasteiger partial charge >= 0.3 is 12.1 Å². The van der Waals surface area contributed by atoms with E-state index in [9.17, 15) is 18.0 Å². The van der Waals surface area contributed by atoms with Crippen LogP contribution in [0.3, 0.4) is 0 Å². The largest absolute Gasteiger partial charge is 0.466 e. The molecule has 0 aliphatic carbocycles. The van der Waals surface area contributed by atoms with E-state index < -0.39 is 18.1 Å². The van der Waals surface area contributed by atoms with E-state index in [0.29, 0.717) is 0 Å². The van der Waals surface area contributed by atoms with Crippen molar-refractivity contribution >= 4 is 5.97 Å². The van der Waals surface area contributed by atoms with Gasteiger partial charge in [0.15, 0.2) is 0 Å². The molecule has 0 amide bonds. The fourth-order valence-electron chi connectivity index (χ4n) is 0.697. The number of rotatable bonds is 4. The van der Waals surface area contributed by atoms with E-state index in [0.717, 1.165) is 13.0 Å². The number of hydrogen-bond acceptors (Lipinski definition) is 2. The topological polar surface area (TPSA) is 26.3 Å². The lowest BCUT2D eigenvalue weighted by Gasteiger charge is -2.10. The number of hydrogen-bond donors (Lipinski definition) is 0. The zero-order chi connectivity index (χ0) is 11.2. The van der Waals surface area contributed by atoms with E-state index in [1.807, 2.05) is 0 Å². The molecule has 0 aromatic carbocycles. The molecule has 2 nitrogen and oxygen atoms in total. The lowest BCUT2D eigenvalue weighted by atomic mass is 10.1. The maximum atomic E-state index is 12.0. The SMILES string of the molecule is CCOC(=O)C/C=C\[C@H](C)C(F)(F)F. The standard InChI is InChI=1S/C9H13F3O2/c1-3-14-8(13)6-4-5-7(2)9(10,11)12/h4-5,7H,3,6H2,1-2H3/b5-4-/t7-/m0/s1. The Balaban J connectivity index is 3.89. The molecular weight excluding hydrogens is 197 g/mol. The summed E-state index contributed by atoms with van der Waals surface area (Å²) in [6, 6.07) is 0. The molecule has 0 heterocycles. The molecule has 0 aliphatic rings. The van der Waals surface area contributed by atoms with Gasteiger partial charge in [-0.15, -0.1) is 0 Å². The third-order valence-corrected chi connectivity index (χ3v) is 1.53. The molecule has 14 heavy (non-hydrogen) atoms. The Morgan fingerprint density at radius 2 is 2.07 bits per heavy atom. The highest BCUT2D eigenvalue weighted by molar-refractivity contribution is 5.71. The van der Waals surface area contributed by atoms with Gasteiger partial charge in [0.25, 0.3) is 0 Å². The first-order valence-corrected chi connectivity index (χ1v) is 4.27. The maximum Gasteiger partial charge on any atom is 0.394 e. The Bertz CT molecular complexity index is 209. The first kappa shape index (κ1) is 13.0. The van der Waals surface area contributed by atoms with Gasteiger partial charge in [-0.05, 0) is 6.92 Å². The zero-order valence-corrected chi connectivity index (χ0v) is 8.10. The molecule has 0 fully saturated rings. The second kappa shape index (κ2) is 5.67. The molecule has 0 saturated carbocycles. The first-order chi connectivity index (χ1) is 6.38. The lowest BCUT2D eigenvalue weighted by molar-refractivity contribution is -0.156. The molecule has 0 bridgehead atoms. The number of carbonyl (C=O) groups excluding carboxylic acids is 1. The fraction of sp³-hybridized carbons (Fsp3) is 0.667. The zero-order valence-electron chi connectivity index (χ0n) is 8.10. The van der Waals surface area contributed by atoms with Gasteiger partial charge in [-0.1, -0.05) is 19.1 Å². The van der Waals surface area contributed by atoms with E-state index in [2.05, 4.69) is 4.74 Å². The van der Waals surface area contributed by atoms with Crippen molar-refractivity contribution in [2.75, 3.05) is 6.61 Å². The average Bonchev–Trinajstić information content (AvgIpc) is 2.02. The van der Waals surface area contributed by atoms with Crippen LogP contribution in [0.5, 0.6) is 0 Å². The molecule has 0 N–H and O–H groups in total. The van der Waals surface area contributed by atoms with E-state index >= 15 is 0 Å². The summed E-state index contributed by atoms with van der Waals surface area (Å²) in [6.07, 6.45) is -2.23. The van der Waals surface area contributed by atoms with Gasteiger partial charge in [0.2, 0.25) is 0 Å². The lowest BCUT2D eigenvalue weighted by Crippen LogP contribution is -2.17. The Labute approximate surface area is 80.7 Å². The highest BCUT2D eigenvalue weighted by Crippen LogP contribution is 2.26. The minimum Gasteiger partial charge on any atom is -0.466 e. The van der Waals surface area contributed by atoms with Gasteiger partial charge in [-0.3, -0.25) is 4.79 Å². The molecule has 1 atom stereocenters. The molecule has 0 aromatic rings. The van der Waals surface area contributed by atoms with Crippen LogP contribution in [-0.2, 0) is 9.53 Å². The summed E-state index contributed by atoms with van der Waals surface area (Å²) in [6.45, 7) is 2.91. The molecule has 82 valence electrons. The monoisotopic (exact) mass is 210 g/mol. The van der Waals surface area contributed by atoms with Gasteiger partial charge in [0, 0.05) is 0 Å². The van der Waals surface area contributed by atoms with E-state index in [-0.39, 0.29) is 13.0 Å². The van der Waals surface area contributed by atoms with Crippen molar-refractivity contribution in [3.05, 3.63) is 12.2 Å². The number of ether oxygens (including phenoxy) is 1. The normalized spacial score (nSPS) is 14.4. The smallest absolute Gasteiger partial charge is 0.394 e. The average molecular weight is 210 g/mol. The van der Waals surface area contributed by atoms with Crippen LogP contribution in [0.4, 0.5) is 13.2 Å². The summed E-state index contributed by atoms with van der Waals surface area (Å²) in [7, 11) is 0. The van der Waals surface area contributed by atoms with Crippen LogP contribution in [-0.4, -0.2) is 18.8 Å². The van der Waals surface area contributed by atoms with Gasteiger partial charge < -0.3 is 4.74 Å². The van der Waals surface area contributed by atoms with E-state index in [1.54, 1.807) is 6.92 Å². The van der Waals surface area contributed by atoms with Crippen molar-refractivity contribution in [2.45, 2.75) is 26.4 Å². The molecule has 5 heteroatoms. The Hall–Kier alpha value is -1.00. The number of carbonyl (C=O) groups is 1. The summed E-state index contributed by atoms with van der Waals surface area (Å²) in [4.78, 5) is 10.7. The van der Waals surface area contributed by atoms with E-state index in [1.165, 1.54) is 6.08 Å². The summed E-state index contributed by atoms with van der Waals surface area (Å²) >= 11 is 0. The third-order valence-electron chi connectivity index (χ3n) is 1.53. The van der Waals surface area contributed by atoms with E-state index in [4.69, 9.17) is 0 Å². The second-order valence-corrected chi connectivity index (χ2v) is 2.77. The van der Waals surface area contributed by atoms with Crippen molar-refractivity contribution in [1.29, 1.82) is 0 Å². The quantitative estimate of drug-likeness (QED) is 0.526. The first-order valence-electron chi connectivity index (χ1n) is 4.27. The van der Waals surface area contributed by atoms with Crippen LogP contribution in [0.25, 0.3) is 0 Å². The summed E-state index contributed by atoms with van der Waals surface area (Å²) in [5, 5.41) is 0. The predicted molar refractivity (Wildman–Crippen MR) is 45.6 cm³/mol. The van der Waals surface area contributed by atoms with Crippen LogP contribution in [0.15, 0.2) is 12.2 Å². The maximum absolute atomic E-state index is 12.0. The minimum absolute atomic E-state index is 0.117. The Morgan fingerprint density at radius 1 is 1.50 bits per heavy atom. The predicted octanol–water partition coefficient (Wildman–Crippen LogP) is 2.69. The molecular formula is C9H13F3O2. The molecule has 0 unspecified atom stereocenters.